The molecule has 2 aliphatic rings. The van der Waals surface area contributed by atoms with E-state index in [0.29, 0.717) is 31.6 Å². The minimum absolute atomic E-state index is 0. The number of guanidine groups is 1. The van der Waals surface area contributed by atoms with Crippen LogP contribution in [-0.2, 0) is 0 Å². The SMILES string of the molecule is CCNC(=NCC1CCN(CC(F)(F)F)C1)NC1CC1C.I. The van der Waals surface area contributed by atoms with E-state index >= 15 is 0 Å². The zero-order valence-electron chi connectivity index (χ0n) is 13.1. The van der Waals surface area contributed by atoms with Crippen LogP contribution in [0.25, 0.3) is 0 Å². The van der Waals surface area contributed by atoms with Crippen molar-refractivity contribution in [2.45, 2.75) is 38.9 Å². The number of halogens is 4. The third-order valence-electron chi connectivity index (χ3n) is 4.06. The van der Waals surface area contributed by atoms with E-state index in [1.54, 1.807) is 0 Å². The lowest BCUT2D eigenvalue weighted by Gasteiger charge is -2.17. The molecule has 8 heteroatoms. The summed E-state index contributed by atoms with van der Waals surface area (Å²) >= 11 is 0. The zero-order valence-corrected chi connectivity index (χ0v) is 15.4. The number of hydrogen-bond acceptors (Lipinski definition) is 2. The van der Waals surface area contributed by atoms with E-state index in [9.17, 15) is 13.2 Å². The third-order valence-corrected chi connectivity index (χ3v) is 4.06. The molecule has 2 rings (SSSR count). The smallest absolute Gasteiger partial charge is 0.357 e. The second-order valence-electron chi connectivity index (χ2n) is 6.19. The highest BCUT2D eigenvalue weighted by Gasteiger charge is 2.35. The number of likely N-dealkylation sites (tertiary alicyclic amines) is 1. The van der Waals surface area contributed by atoms with E-state index in [2.05, 4.69) is 22.5 Å². The van der Waals surface area contributed by atoms with E-state index in [1.165, 1.54) is 4.90 Å². The average molecular weight is 434 g/mol. The fourth-order valence-corrected chi connectivity index (χ4v) is 2.70. The molecule has 0 radical (unpaired) electrons. The molecule has 0 amide bonds. The van der Waals surface area contributed by atoms with Crippen molar-refractivity contribution in [3.8, 4) is 0 Å². The van der Waals surface area contributed by atoms with Crippen LogP contribution in [0.2, 0.25) is 0 Å². The molecule has 2 fully saturated rings. The molecule has 3 unspecified atom stereocenters. The fraction of sp³-hybridized carbons (Fsp3) is 0.929. The minimum atomic E-state index is -4.10. The van der Waals surface area contributed by atoms with Crippen LogP contribution in [0.4, 0.5) is 13.2 Å². The van der Waals surface area contributed by atoms with Gasteiger partial charge in [-0.25, -0.2) is 0 Å². The van der Waals surface area contributed by atoms with E-state index < -0.39 is 12.7 Å². The topological polar surface area (TPSA) is 39.7 Å². The second kappa shape index (κ2) is 8.56. The lowest BCUT2D eigenvalue weighted by Crippen LogP contribution is -2.39. The number of nitrogens with zero attached hydrogens (tertiary/aromatic N) is 2. The molecule has 130 valence electrons. The Balaban J connectivity index is 0.00000242. The highest BCUT2D eigenvalue weighted by Crippen LogP contribution is 2.28. The number of nitrogens with one attached hydrogen (secondary N) is 2. The summed E-state index contributed by atoms with van der Waals surface area (Å²) in [6, 6.07) is 0.494. The summed E-state index contributed by atoms with van der Waals surface area (Å²) in [5.41, 5.74) is 0. The Morgan fingerprint density at radius 1 is 1.36 bits per heavy atom. The van der Waals surface area contributed by atoms with Gasteiger partial charge in [0.2, 0.25) is 0 Å². The molecule has 0 aromatic carbocycles. The minimum Gasteiger partial charge on any atom is -0.357 e. The second-order valence-corrected chi connectivity index (χ2v) is 6.19. The van der Waals surface area contributed by atoms with E-state index in [-0.39, 0.29) is 29.9 Å². The normalized spacial score (nSPS) is 29.1. The summed E-state index contributed by atoms with van der Waals surface area (Å²) in [6.45, 7) is 5.78. The van der Waals surface area contributed by atoms with E-state index in [0.717, 1.165) is 25.3 Å². The molecule has 0 bridgehead atoms. The fourth-order valence-electron chi connectivity index (χ4n) is 2.70. The maximum atomic E-state index is 12.3. The van der Waals surface area contributed by atoms with Crippen molar-refractivity contribution in [2.75, 3.05) is 32.7 Å². The average Bonchev–Trinajstić information content (AvgIpc) is 2.87. The predicted octanol–water partition coefficient (Wildman–Crippen LogP) is 2.45. The molecule has 1 saturated heterocycles. The van der Waals surface area contributed by atoms with Crippen molar-refractivity contribution in [1.29, 1.82) is 0 Å². The van der Waals surface area contributed by atoms with Crippen LogP contribution in [0.3, 0.4) is 0 Å². The summed E-state index contributed by atoms with van der Waals surface area (Å²) in [7, 11) is 0. The number of hydrogen-bond donors (Lipinski definition) is 2. The van der Waals surface area contributed by atoms with Gasteiger partial charge in [0.05, 0.1) is 6.54 Å². The largest absolute Gasteiger partial charge is 0.401 e. The highest BCUT2D eigenvalue weighted by atomic mass is 127. The molecule has 0 aromatic rings. The molecular weight excluding hydrogens is 408 g/mol. The van der Waals surface area contributed by atoms with Gasteiger partial charge in [-0.15, -0.1) is 24.0 Å². The van der Waals surface area contributed by atoms with Crippen LogP contribution >= 0.6 is 24.0 Å². The van der Waals surface area contributed by atoms with Gasteiger partial charge in [-0.2, -0.15) is 13.2 Å². The molecule has 0 aromatic heterocycles. The van der Waals surface area contributed by atoms with Crippen LogP contribution in [0.5, 0.6) is 0 Å². The van der Waals surface area contributed by atoms with Gasteiger partial charge < -0.3 is 10.6 Å². The quantitative estimate of drug-likeness (QED) is 0.397. The van der Waals surface area contributed by atoms with Crippen molar-refractivity contribution in [3.05, 3.63) is 0 Å². The molecule has 1 aliphatic heterocycles. The van der Waals surface area contributed by atoms with Crippen molar-refractivity contribution < 1.29 is 13.2 Å². The van der Waals surface area contributed by atoms with Crippen LogP contribution in [0.15, 0.2) is 4.99 Å². The molecule has 1 aliphatic carbocycles. The summed E-state index contributed by atoms with van der Waals surface area (Å²) in [4.78, 5) is 6.00. The van der Waals surface area contributed by atoms with Gasteiger partial charge >= 0.3 is 6.18 Å². The standard InChI is InChI=1S/C14H25F3N4.HI/c1-3-18-13(20-12-6-10(12)2)19-7-11-4-5-21(8-11)9-14(15,16)17;/h10-12H,3-9H2,1-2H3,(H2,18,19,20);1H. The van der Waals surface area contributed by atoms with Crippen LogP contribution < -0.4 is 10.6 Å². The molecule has 0 spiro atoms. The Kier molecular flexibility index (Phi) is 7.70. The Labute approximate surface area is 147 Å². The van der Waals surface area contributed by atoms with Gasteiger partial charge in [0.25, 0.3) is 0 Å². The van der Waals surface area contributed by atoms with Crippen molar-refractivity contribution in [3.63, 3.8) is 0 Å². The Morgan fingerprint density at radius 2 is 2.05 bits per heavy atom. The summed E-state index contributed by atoms with van der Waals surface area (Å²) in [6.07, 6.45) is -2.15. The lowest BCUT2D eigenvalue weighted by molar-refractivity contribution is -0.143. The molecule has 3 atom stereocenters. The highest BCUT2D eigenvalue weighted by molar-refractivity contribution is 14.0. The van der Waals surface area contributed by atoms with Gasteiger partial charge in [-0.05, 0) is 38.1 Å². The third kappa shape index (κ3) is 6.89. The van der Waals surface area contributed by atoms with Crippen molar-refractivity contribution in [2.24, 2.45) is 16.8 Å². The van der Waals surface area contributed by atoms with Gasteiger partial charge in [0.1, 0.15) is 0 Å². The van der Waals surface area contributed by atoms with Crippen LogP contribution in [-0.4, -0.2) is 55.8 Å². The van der Waals surface area contributed by atoms with Crippen LogP contribution in [0, 0.1) is 11.8 Å². The molecule has 1 saturated carbocycles. The van der Waals surface area contributed by atoms with Gasteiger partial charge in [0, 0.05) is 25.7 Å². The van der Waals surface area contributed by atoms with Crippen molar-refractivity contribution >= 4 is 29.9 Å². The molecule has 22 heavy (non-hydrogen) atoms. The molecule has 2 N–H and O–H groups in total. The van der Waals surface area contributed by atoms with E-state index in [4.69, 9.17) is 0 Å². The molecule has 4 nitrogen and oxygen atoms in total. The molecular formula is C14H26F3IN4. The summed E-state index contributed by atoms with van der Waals surface area (Å²) < 4.78 is 37.0. The first kappa shape index (κ1) is 19.8. The van der Waals surface area contributed by atoms with Gasteiger partial charge in [0.15, 0.2) is 5.96 Å². The number of rotatable bonds is 5. The maximum Gasteiger partial charge on any atom is 0.401 e. The Bertz CT molecular complexity index is 376. The zero-order chi connectivity index (χ0) is 15.5. The number of aliphatic imine (C=N–C) groups is 1. The first-order chi connectivity index (χ1) is 9.87. The summed E-state index contributed by atoms with van der Waals surface area (Å²) in [5, 5.41) is 6.55. The van der Waals surface area contributed by atoms with Crippen molar-refractivity contribution in [1.82, 2.24) is 15.5 Å². The lowest BCUT2D eigenvalue weighted by atomic mass is 10.1. The van der Waals surface area contributed by atoms with E-state index in [1.807, 2.05) is 6.92 Å². The first-order valence-electron chi connectivity index (χ1n) is 7.71. The Hall–Kier alpha value is -0.250. The van der Waals surface area contributed by atoms with Gasteiger partial charge in [-0.1, -0.05) is 6.92 Å². The molecule has 1 heterocycles. The monoisotopic (exact) mass is 434 g/mol. The Morgan fingerprint density at radius 3 is 2.59 bits per heavy atom. The maximum absolute atomic E-state index is 12.3. The summed E-state index contributed by atoms with van der Waals surface area (Å²) in [5.74, 6) is 1.70. The first-order valence-corrected chi connectivity index (χ1v) is 7.71. The predicted molar refractivity (Wildman–Crippen MR) is 92.7 cm³/mol. The van der Waals surface area contributed by atoms with Gasteiger partial charge in [-0.3, -0.25) is 9.89 Å². The van der Waals surface area contributed by atoms with Crippen LogP contribution in [0.1, 0.15) is 26.7 Å². The number of alkyl halides is 3.